The third-order valence-electron chi connectivity index (χ3n) is 7.41. The Balaban J connectivity index is 1.42. The Bertz CT molecular complexity index is 1210. The number of hydrogen-bond acceptors (Lipinski definition) is 2. The van der Waals surface area contributed by atoms with Crippen LogP contribution in [-0.4, -0.2) is 17.8 Å². The van der Waals surface area contributed by atoms with Gasteiger partial charge in [-0.2, -0.15) is 0 Å². The van der Waals surface area contributed by atoms with Gasteiger partial charge in [0, 0.05) is 5.56 Å². The van der Waals surface area contributed by atoms with Gasteiger partial charge in [0.1, 0.15) is 0 Å². The fourth-order valence-electron chi connectivity index (χ4n) is 5.30. The molecule has 0 bridgehead atoms. The summed E-state index contributed by atoms with van der Waals surface area (Å²) < 4.78 is 49.4. The number of ether oxygens (including phenoxy) is 1. The molecule has 3 aromatic carbocycles. The molecule has 5 heteroatoms. The molecule has 0 saturated heterocycles. The molecule has 0 aromatic heterocycles. The fourth-order valence-corrected chi connectivity index (χ4v) is 5.30. The van der Waals surface area contributed by atoms with Crippen molar-refractivity contribution in [3.05, 3.63) is 88.7 Å². The van der Waals surface area contributed by atoms with E-state index >= 15 is 4.39 Å². The van der Waals surface area contributed by atoms with Crippen molar-refractivity contribution < 1.29 is 23.0 Å². The molecule has 0 amide bonds. The van der Waals surface area contributed by atoms with E-state index in [0.717, 1.165) is 55.2 Å². The smallest absolute Gasteiger partial charge is 0.166 e. The molecule has 0 radical (unpaired) electrons. The number of benzene rings is 3. The second-order valence-corrected chi connectivity index (χ2v) is 9.87. The van der Waals surface area contributed by atoms with Gasteiger partial charge in [-0.3, -0.25) is 0 Å². The fraction of sp³-hybridized carbons (Fsp3) is 0.375. The second kappa shape index (κ2) is 12.5. The summed E-state index contributed by atoms with van der Waals surface area (Å²) in [5, 5.41) is 10.3. The Hall–Kier alpha value is -3.05. The number of halogens is 3. The summed E-state index contributed by atoms with van der Waals surface area (Å²) in [6.45, 7) is 4.26. The summed E-state index contributed by atoms with van der Waals surface area (Å²) in [6.07, 6.45) is 7.97. The van der Waals surface area contributed by atoms with Crippen LogP contribution in [0.3, 0.4) is 0 Å². The monoisotopic (exact) mass is 508 g/mol. The molecule has 4 rings (SSSR count). The maximum Gasteiger partial charge on any atom is 0.166 e. The van der Waals surface area contributed by atoms with Crippen LogP contribution < -0.4 is 4.74 Å². The lowest BCUT2D eigenvalue weighted by molar-refractivity contribution is 0.0727. The van der Waals surface area contributed by atoms with E-state index in [2.05, 4.69) is 6.92 Å². The Morgan fingerprint density at radius 1 is 0.865 bits per heavy atom. The van der Waals surface area contributed by atoms with E-state index in [4.69, 9.17) is 4.74 Å². The van der Waals surface area contributed by atoms with E-state index in [0.29, 0.717) is 12.2 Å². The molecule has 0 heterocycles. The van der Waals surface area contributed by atoms with Crippen molar-refractivity contribution in [2.45, 2.75) is 64.4 Å². The number of hydrogen-bond donors (Lipinski definition) is 1. The predicted molar refractivity (Wildman–Crippen MR) is 144 cm³/mol. The average Bonchev–Trinajstić information content (AvgIpc) is 2.91. The van der Waals surface area contributed by atoms with Crippen LogP contribution in [0.1, 0.15) is 75.0 Å². The minimum Gasteiger partial charge on any atom is -0.491 e. The maximum atomic E-state index is 15.0. The first-order valence-electron chi connectivity index (χ1n) is 13.3. The largest absolute Gasteiger partial charge is 0.491 e. The van der Waals surface area contributed by atoms with E-state index < -0.39 is 17.5 Å². The lowest BCUT2D eigenvalue weighted by Crippen LogP contribution is -2.25. The third kappa shape index (κ3) is 6.45. The molecule has 1 aliphatic carbocycles. The minimum absolute atomic E-state index is 0.0161. The average molecular weight is 509 g/mol. The molecule has 1 N–H and O–H groups in total. The third-order valence-corrected chi connectivity index (χ3v) is 7.41. The van der Waals surface area contributed by atoms with Crippen LogP contribution in [0.15, 0.2) is 54.6 Å². The molecule has 3 aromatic rings. The zero-order chi connectivity index (χ0) is 26.4. The quantitative estimate of drug-likeness (QED) is 0.293. The van der Waals surface area contributed by atoms with Crippen LogP contribution in [-0.2, 0) is 0 Å². The van der Waals surface area contributed by atoms with Crippen molar-refractivity contribution in [2.24, 2.45) is 5.92 Å². The summed E-state index contributed by atoms with van der Waals surface area (Å²) in [5.41, 5.74) is 3.03. The Morgan fingerprint density at radius 2 is 1.57 bits per heavy atom. The zero-order valence-electron chi connectivity index (χ0n) is 21.5. The SMILES string of the molecule is CCCC(O)C1CCC(c2ccc(/C=C/c3ccc(-c4ccc(OCC)c(F)c4)cc3)c(F)c2F)CC1. The highest BCUT2D eigenvalue weighted by molar-refractivity contribution is 5.72. The molecule has 196 valence electrons. The molecule has 1 saturated carbocycles. The first kappa shape index (κ1) is 27.0. The second-order valence-electron chi connectivity index (χ2n) is 9.87. The summed E-state index contributed by atoms with van der Waals surface area (Å²) in [6, 6.07) is 15.6. The van der Waals surface area contributed by atoms with E-state index in [1.165, 1.54) is 6.07 Å². The maximum absolute atomic E-state index is 15.0. The van der Waals surface area contributed by atoms with Crippen molar-refractivity contribution in [1.82, 2.24) is 0 Å². The van der Waals surface area contributed by atoms with Crippen molar-refractivity contribution in [3.8, 4) is 16.9 Å². The number of rotatable bonds is 9. The van der Waals surface area contributed by atoms with Crippen LogP contribution in [0.25, 0.3) is 23.3 Å². The van der Waals surface area contributed by atoms with Gasteiger partial charge in [-0.05, 0) is 85.3 Å². The molecule has 1 unspecified atom stereocenters. The Kier molecular flexibility index (Phi) is 9.09. The zero-order valence-corrected chi connectivity index (χ0v) is 21.5. The van der Waals surface area contributed by atoms with E-state index in [1.807, 2.05) is 24.3 Å². The lowest BCUT2D eigenvalue weighted by atomic mass is 9.76. The lowest BCUT2D eigenvalue weighted by Gasteiger charge is -2.32. The van der Waals surface area contributed by atoms with Gasteiger partial charge in [0.25, 0.3) is 0 Å². The van der Waals surface area contributed by atoms with Crippen molar-refractivity contribution >= 4 is 12.2 Å². The van der Waals surface area contributed by atoms with Crippen LogP contribution in [0.5, 0.6) is 5.75 Å². The highest BCUT2D eigenvalue weighted by atomic mass is 19.2. The van der Waals surface area contributed by atoms with Gasteiger partial charge in [0.05, 0.1) is 12.7 Å². The highest BCUT2D eigenvalue weighted by Gasteiger charge is 2.29. The van der Waals surface area contributed by atoms with Gasteiger partial charge in [-0.1, -0.05) is 68.0 Å². The molecule has 2 nitrogen and oxygen atoms in total. The Morgan fingerprint density at radius 3 is 2.22 bits per heavy atom. The van der Waals surface area contributed by atoms with Crippen LogP contribution in [0, 0.1) is 23.4 Å². The van der Waals surface area contributed by atoms with Gasteiger partial charge in [-0.15, -0.1) is 0 Å². The number of aliphatic hydroxyl groups is 1. The van der Waals surface area contributed by atoms with E-state index in [1.54, 1.807) is 43.3 Å². The minimum atomic E-state index is -0.830. The van der Waals surface area contributed by atoms with Crippen molar-refractivity contribution in [1.29, 1.82) is 0 Å². The van der Waals surface area contributed by atoms with Gasteiger partial charge >= 0.3 is 0 Å². The summed E-state index contributed by atoms with van der Waals surface area (Å²) in [4.78, 5) is 0. The molecule has 0 spiro atoms. The highest BCUT2D eigenvalue weighted by Crippen LogP contribution is 2.39. The molecular weight excluding hydrogens is 473 g/mol. The summed E-state index contributed by atoms with van der Waals surface area (Å²) in [7, 11) is 0. The summed E-state index contributed by atoms with van der Waals surface area (Å²) in [5.74, 6) is -1.55. The molecule has 0 aliphatic heterocycles. The summed E-state index contributed by atoms with van der Waals surface area (Å²) >= 11 is 0. The van der Waals surface area contributed by atoms with Gasteiger partial charge in [-0.25, -0.2) is 13.2 Å². The van der Waals surface area contributed by atoms with Gasteiger partial charge < -0.3 is 9.84 Å². The van der Waals surface area contributed by atoms with Gasteiger partial charge in [0.15, 0.2) is 23.2 Å². The molecule has 37 heavy (non-hydrogen) atoms. The first-order chi connectivity index (χ1) is 17.9. The van der Waals surface area contributed by atoms with Crippen molar-refractivity contribution in [3.63, 3.8) is 0 Å². The molecule has 1 aliphatic rings. The van der Waals surface area contributed by atoms with Crippen LogP contribution in [0.2, 0.25) is 0 Å². The number of aliphatic hydroxyl groups excluding tert-OH is 1. The molecule has 1 fully saturated rings. The molecular formula is C32H35F3O2. The van der Waals surface area contributed by atoms with Crippen molar-refractivity contribution in [2.75, 3.05) is 6.61 Å². The van der Waals surface area contributed by atoms with E-state index in [9.17, 15) is 13.9 Å². The van der Waals surface area contributed by atoms with Gasteiger partial charge in [0.2, 0.25) is 0 Å². The van der Waals surface area contributed by atoms with Crippen LogP contribution >= 0.6 is 0 Å². The topological polar surface area (TPSA) is 29.5 Å². The Labute approximate surface area is 217 Å². The first-order valence-corrected chi connectivity index (χ1v) is 13.3. The van der Waals surface area contributed by atoms with E-state index in [-0.39, 0.29) is 29.3 Å². The van der Waals surface area contributed by atoms with Crippen LogP contribution in [0.4, 0.5) is 13.2 Å². The predicted octanol–water partition coefficient (Wildman–Crippen LogP) is 8.77. The standard InChI is InChI=1S/C32H35F3O2/c1-3-5-29(36)24-14-12-23(13-15-24)27-18-16-25(31(34)32(27)35)11-8-21-6-9-22(10-7-21)26-17-19-30(37-4-2)28(33)20-26/h6-11,16-20,23-24,29,36H,3-5,12-15H2,1-2H3/b11-8+. The normalized spacial score (nSPS) is 18.8. The molecule has 1 atom stereocenters.